The summed E-state index contributed by atoms with van der Waals surface area (Å²) in [5.74, 6) is 0.823. The molecule has 1 saturated carbocycles. The van der Waals surface area contributed by atoms with Crippen molar-refractivity contribution in [2.45, 2.75) is 44.4 Å². The maximum atomic E-state index is 6.27. The van der Waals surface area contributed by atoms with E-state index >= 15 is 0 Å². The third kappa shape index (κ3) is 2.24. The van der Waals surface area contributed by atoms with E-state index in [4.69, 9.17) is 22.1 Å². The third-order valence-corrected chi connectivity index (χ3v) is 4.55. The van der Waals surface area contributed by atoms with Gasteiger partial charge in [0, 0.05) is 17.5 Å². The molecular formula is C15H22ClNO. The first kappa shape index (κ1) is 13.7. The summed E-state index contributed by atoms with van der Waals surface area (Å²) >= 11 is 6.27. The van der Waals surface area contributed by atoms with Gasteiger partial charge in [-0.15, -0.1) is 0 Å². The lowest BCUT2D eigenvalue weighted by molar-refractivity contribution is 0.286. The minimum absolute atomic E-state index is 0.0541. The van der Waals surface area contributed by atoms with Crippen LogP contribution in [0, 0.1) is 6.92 Å². The molecule has 18 heavy (non-hydrogen) atoms. The van der Waals surface area contributed by atoms with Gasteiger partial charge < -0.3 is 10.5 Å². The van der Waals surface area contributed by atoms with E-state index in [0.29, 0.717) is 11.6 Å². The topological polar surface area (TPSA) is 35.2 Å². The van der Waals surface area contributed by atoms with Gasteiger partial charge in [0.25, 0.3) is 0 Å². The minimum Gasteiger partial charge on any atom is -0.495 e. The fraction of sp³-hybridized carbons (Fsp3) is 0.600. The van der Waals surface area contributed by atoms with Gasteiger partial charge in [0.05, 0.1) is 12.1 Å². The van der Waals surface area contributed by atoms with Crippen LogP contribution in [0.2, 0.25) is 5.02 Å². The highest BCUT2D eigenvalue weighted by Gasteiger charge is 2.36. The van der Waals surface area contributed by atoms with Gasteiger partial charge in [0.2, 0.25) is 0 Å². The summed E-state index contributed by atoms with van der Waals surface area (Å²) in [6.45, 7) is 2.80. The number of ether oxygens (including phenoxy) is 1. The molecule has 3 heteroatoms. The van der Waals surface area contributed by atoms with E-state index < -0.39 is 0 Å². The van der Waals surface area contributed by atoms with Crippen molar-refractivity contribution in [2.75, 3.05) is 13.7 Å². The Kier molecular flexibility index (Phi) is 4.18. The van der Waals surface area contributed by atoms with E-state index in [2.05, 4.69) is 13.0 Å². The Labute approximate surface area is 114 Å². The van der Waals surface area contributed by atoms with Crippen LogP contribution in [0.25, 0.3) is 0 Å². The molecule has 0 atom stereocenters. The van der Waals surface area contributed by atoms with Crippen LogP contribution in [-0.4, -0.2) is 13.7 Å². The molecule has 2 rings (SSSR count). The monoisotopic (exact) mass is 267 g/mol. The lowest BCUT2D eigenvalue weighted by Crippen LogP contribution is -2.38. The summed E-state index contributed by atoms with van der Waals surface area (Å²) in [4.78, 5) is 0. The van der Waals surface area contributed by atoms with Crippen molar-refractivity contribution in [3.8, 4) is 5.75 Å². The molecular weight excluding hydrogens is 246 g/mol. The van der Waals surface area contributed by atoms with Gasteiger partial charge in [-0.3, -0.25) is 0 Å². The molecule has 0 aromatic heterocycles. The fourth-order valence-corrected chi connectivity index (χ4v) is 3.53. The van der Waals surface area contributed by atoms with Gasteiger partial charge in [0.15, 0.2) is 0 Å². The zero-order valence-corrected chi connectivity index (χ0v) is 12.0. The van der Waals surface area contributed by atoms with Crippen LogP contribution < -0.4 is 10.5 Å². The molecule has 2 nitrogen and oxygen atoms in total. The van der Waals surface area contributed by atoms with Gasteiger partial charge in [-0.2, -0.15) is 0 Å². The molecule has 1 aliphatic rings. The SMILES string of the molecule is COc1c(Cl)ccc(C)c1C1(CN)CCCCC1. The van der Waals surface area contributed by atoms with Crippen molar-refractivity contribution in [1.82, 2.24) is 0 Å². The predicted molar refractivity (Wildman–Crippen MR) is 76.6 cm³/mol. The first-order valence-electron chi connectivity index (χ1n) is 6.68. The Bertz CT molecular complexity index is 425. The zero-order chi connectivity index (χ0) is 13.2. The van der Waals surface area contributed by atoms with Gasteiger partial charge in [-0.25, -0.2) is 0 Å². The molecule has 0 unspecified atom stereocenters. The van der Waals surface area contributed by atoms with E-state index in [0.717, 1.165) is 18.6 Å². The Morgan fingerprint density at radius 1 is 1.28 bits per heavy atom. The predicted octanol–water partition coefficient (Wildman–Crippen LogP) is 3.82. The number of hydrogen-bond acceptors (Lipinski definition) is 2. The van der Waals surface area contributed by atoms with E-state index in [1.165, 1.54) is 30.4 Å². The number of aryl methyl sites for hydroxylation is 1. The molecule has 2 N–H and O–H groups in total. The van der Waals surface area contributed by atoms with Crippen LogP contribution in [0.4, 0.5) is 0 Å². The van der Waals surface area contributed by atoms with Gasteiger partial charge in [0.1, 0.15) is 5.75 Å². The highest BCUT2D eigenvalue weighted by molar-refractivity contribution is 6.32. The van der Waals surface area contributed by atoms with Crippen LogP contribution in [0.3, 0.4) is 0 Å². The molecule has 1 fully saturated rings. The van der Waals surface area contributed by atoms with Crippen molar-refractivity contribution in [1.29, 1.82) is 0 Å². The van der Waals surface area contributed by atoms with Crippen molar-refractivity contribution < 1.29 is 4.74 Å². The first-order chi connectivity index (χ1) is 8.64. The lowest BCUT2D eigenvalue weighted by Gasteiger charge is -2.39. The van der Waals surface area contributed by atoms with Crippen molar-refractivity contribution in [3.63, 3.8) is 0 Å². The van der Waals surface area contributed by atoms with Crippen molar-refractivity contribution >= 4 is 11.6 Å². The average molecular weight is 268 g/mol. The highest BCUT2D eigenvalue weighted by atomic mass is 35.5. The van der Waals surface area contributed by atoms with Crippen LogP contribution in [0.1, 0.15) is 43.2 Å². The molecule has 0 spiro atoms. The molecule has 0 bridgehead atoms. The van der Waals surface area contributed by atoms with Gasteiger partial charge >= 0.3 is 0 Å². The molecule has 1 aromatic carbocycles. The van der Waals surface area contributed by atoms with Crippen LogP contribution in [0.5, 0.6) is 5.75 Å². The quantitative estimate of drug-likeness (QED) is 0.904. The second-order valence-electron chi connectivity index (χ2n) is 5.32. The van der Waals surface area contributed by atoms with Crippen molar-refractivity contribution in [2.24, 2.45) is 5.73 Å². The smallest absolute Gasteiger partial charge is 0.141 e. The van der Waals surface area contributed by atoms with E-state index in [9.17, 15) is 0 Å². The number of halogens is 1. The molecule has 0 amide bonds. The third-order valence-electron chi connectivity index (χ3n) is 4.25. The molecule has 1 aromatic rings. The van der Waals surface area contributed by atoms with Crippen LogP contribution in [-0.2, 0) is 5.41 Å². The van der Waals surface area contributed by atoms with E-state index in [-0.39, 0.29) is 5.41 Å². The van der Waals surface area contributed by atoms with Crippen LogP contribution >= 0.6 is 11.6 Å². The van der Waals surface area contributed by atoms with E-state index in [1.807, 2.05) is 6.07 Å². The summed E-state index contributed by atoms with van der Waals surface area (Å²) < 4.78 is 5.55. The van der Waals surface area contributed by atoms with Crippen LogP contribution in [0.15, 0.2) is 12.1 Å². The second-order valence-corrected chi connectivity index (χ2v) is 5.72. The standard InChI is InChI=1S/C15H22ClNO/c1-11-6-7-12(16)14(18-2)13(11)15(10-17)8-4-3-5-9-15/h6-7H,3-5,8-10,17H2,1-2H3. The van der Waals surface area contributed by atoms with Gasteiger partial charge in [-0.1, -0.05) is 36.9 Å². The first-order valence-corrected chi connectivity index (χ1v) is 7.06. The Morgan fingerprint density at radius 2 is 1.94 bits per heavy atom. The highest BCUT2D eigenvalue weighted by Crippen LogP contribution is 2.46. The Balaban J connectivity index is 2.56. The molecule has 0 saturated heterocycles. The van der Waals surface area contributed by atoms with Crippen molar-refractivity contribution in [3.05, 3.63) is 28.3 Å². The molecule has 100 valence electrons. The summed E-state index contributed by atoms with van der Waals surface area (Å²) in [5.41, 5.74) is 8.64. The summed E-state index contributed by atoms with van der Waals surface area (Å²) in [6.07, 6.45) is 6.07. The zero-order valence-electron chi connectivity index (χ0n) is 11.3. The lowest BCUT2D eigenvalue weighted by atomic mass is 9.68. The van der Waals surface area contributed by atoms with E-state index in [1.54, 1.807) is 7.11 Å². The summed E-state index contributed by atoms with van der Waals surface area (Å²) in [7, 11) is 1.69. The molecule has 1 aliphatic carbocycles. The molecule has 0 aliphatic heterocycles. The maximum absolute atomic E-state index is 6.27. The summed E-state index contributed by atoms with van der Waals surface area (Å²) in [6, 6.07) is 3.98. The number of hydrogen-bond donors (Lipinski definition) is 1. The largest absolute Gasteiger partial charge is 0.495 e. The number of rotatable bonds is 3. The minimum atomic E-state index is 0.0541. The second kappa shape index (κ2) is 5.50. The molecule has 0 heterocycles. The number of benzene rings is 1. The normalized spacial score (nSPS) is 18.7. The maximum Gasteiger partial charge on any atom is 0.141 e. The Hall–Kier alpha value is -0.730. The average Bonchev–Trinajstić information content (AvgIpc) is 2.41. The molecule has 0 radical (unpaired) electrons. The summed E-state index contributed by atoms with van der Waals surface area (Å²) in [5, 5.41) is 0.691. The fourth-order valence-electron chi connectivity index (χ4n) is 3.30. The number of nitrogens with two attached hydrogens (primary N) is 1. The number of methoxy groups -OCH3 is 1. The Morgan fingerprint density at radius 3 is 2.50 bits per heavy atom. The van der Waals surface area contributed by atoms with Gasteiger partial charge in [-0.05, 0) is 31.4 Å².